The van der Waals surface area contributed by atoms with Crippen LogP contribution in [0.15, 0.2) is 53.6 Å². The van der Waals surface area contributed by atoms with E-state index in [4.69, 9.17) is 0 Å². The zero-order valence-corrected chi connectivity index (χ0v) is 17.2. The maximum Gasteiger partial charge on any atom is 0.272 e. The highest BCUT2D eigenvalue weighted by atomic mass is 16.1. The summed E-state index contributed by atoms with van der Waals surface area (Å²) in [5, 5.41) is 0. The van der Waals surface area contributed by atoms with Crippen molar-refractivity contribution >= 4 is 23.6 Å². The van der Waals surface area contributed by atoms with Crippen LogP contribution in [0.4, 0.5) is 5.69 Å². The van der Waals surface area contributed by atoms with E-state index in [9.17, 15) is 9.59 Å². The number of nitrogens with zero attached hydrogens (tertiary/aromatic N) is 2. The fourth-order valence-corrected chi connectivity index (χ4v) is 3.46. The minimum atomic E-state index is -0.248. The molecule has 0 aliphatic rings. The summed E-state index contributed by atoms with van der Waals surface area (Å²) in [6, 6.07) is 11.3. The van der Waals surface area contributed by atoms with E-state index in [0.717, 1.165) is 22.4 Å². The van der Waals surface area contributed by atoms with Crippen molar-refractivity contribution in [1.29, 1.82) is 0 Å². The first kappa shape index (κ1) is 20.3. The summed E-state index contributed by atoms with van der Waals surface area (Å²) in [5.41, 5.74) is 4.75. The predicted octanol–water partition coefficient (Wildman–Crippen LogP) is 4.11. The van der Waals surface area contributed by atoms with E-state index in [1.54, 1.807) is 37.5 Å². The molecule has 0 unspecified atom stereocenters. The van der Waals surface area contributed by atoms with Gasteiger partial charge < -0.3 is 9.88 Å². The number of carbonyl (C=O) groups excluding carboxylic acids is 1. The molecule has 0 aliphatic heterocycles. The Hall–Kier alpha value is -3.47. The van der Waals surface area contributed by atoms with Gasteiger partial charge in [0.2, 0.25) is 0 Å². The summed E-state index contributed by atoms with van der Waals surface area (Å²) in [5.74, 6) is -0.140. The molecule has 0 saturated carbocycles. The maximum atomic E-state index is 13.5. The number of aromatic amines is 1. The van der Waals surface area contributed by atoms with E-state index in [-0.39, 0.29) is 11.3 Å². The highest BCUT2D eigenvalue weighted by Gasteiger charge is 2.23. The number of anilines is 1. The minimum absolute atomic E-state index is 0.140. The highest BCUT2D eigenvalue weighted by molar-refractivity contribution is 6.13. The van der Waals surface area contributed by atoms with Gasteiger partial charge in [0.25, 0.3) is 5.56 Å². The molecule has 148 valence electrons. The first-order valence-electron chi connectivity index (χ1n) is 9.58. The second-order valence-corrected chi connectivity index (χ2v) is 7.10. The average Bonchev–Trinajstić information content (AvgIpc) is 2.72. The monoisotopic (exact) mass is 387 g/mol. The second-order valence-electron chi connectivity index (χ2n) is 7.10. The van der Waals surface area contributed by atoms with Crippen molar-refractivity contribution in [2.75, 3.05) is 19.0 Å². The van der Waals surface area contributed by atoms with Gasteiger partial charge in [-0.1, -0.05) is 37.3 Å². The quantitative estimate of drug-likeness (QED) is 0.647. The molecule has 2 aromatic heterocycles. The fourth-order valence-electron chi connectivity index (χ4n) is 3.46. The number of hydrogen-bond donors (Lipinski definition) is 1. The minimum Gasteiger partial charge on any atom is -0.373 e. The van der Waals surface area contributed by atoms with Gasteiger partial charge in [0.15, 0.2) is 5.78 Å². The fraction of sp³-hybridized carbons (Fsp3) is 0.208. The smallest absolute Gasteiger partial charge is 0.272 e. The zero-order valence-electron chi connectivity index (χ0n) is 17.2. The van der Waals surface area contributed by atoms with Crippen LogP contribution in [0, 0.1) is 6.92 Å². The number of H-pyrrole nitrogens is 1. The summed E-state index contributed by atoms with van der Waals surface area (Å²) in [6.07, 6.45) is 8.08. The van der Waals surface area contributed by atoms with Gasteiger partial charge in [0.1, 0.15) is 5.69 Å². The van der Waals surface area contributed by atoms with Crippen LogP contribution in [-0.2, 0) is 6.42 Å². The first-order valence-corrected chi connectivity index (χ1v) is 9.58. The molecule has 3 rings (SSSR count). The lowest BCUT2D eigenvalue weighted by molar-refractivity contribution is 0.103. The Morgan fingerprint density at radius 2 is 1.79 bits per heavy atom. The average molecular weight is 387 g/mol. The van der Waals surface area contributed by atoms with Crippen LogP contribution < -0.4 is 10.5 Å². The molecular formula is C24H25N3O2. The molecule has 0 bridgehead atoms. The normalized spacial score (nSPS) is 11.0. The van der Waals surface area contributed by atoms with Crippen LogP contribution in [0.2, 0.25) is 0 Å². The van der Waals surface area contributed by atoms with Gasteiger partial charge in [-0.3, -0.25) is 14.6 Å². The molecule has 0 aliphatic carbocycles. The zero-order chi connectivity index (χ0) is 21.0. The van der Waals surface area contributed by atoms with Gasteiger partial charge in [0.05, 0.1) is 5.56 Å². The van der Waals surface area contributed by atoms with E-state index < -0.39 is 0 Å². The molecule has 0 radical (unpaired) electrons. The molecule has 0 spiro atoms. The summed E-state index contributed by atoms with van der Waals surface area (Å²) in [6.45, 7) is 3.83. The van der Waals surface area contributed by atoms with Crippen molar-refractivity contribution in [3.05, 3.63) is 92.7 Å². The van der Waals surface area contributed by atoms with E-state index in [1.807, 2.05) is 56.3 Å². The Bertz CT molecular complexity index is 1110. The molecule has 0 fully saturated rings. The van der Waals surface area contributed by atoms with Gasteiger partial charge >= 0.3 is 0 Å². The largest absolute Gasteiger partial charge is 0.373 e. The number of benzene rings is 1. The molecule has 0 saturated heterocycles. The van der Waals surface area contributed by atoms with Crippen LogP contribution in [0.3, 0.4) is 0 Å². The van der Waals surface area contributed by atoms with Gasteiger partial charge in [-0.15, -0.1) is 0 Å². The molecule has 5 heteroatoms. The third-order valence-electron chi connectivity index (χ3n) is 4.86. The van der Waals surface area contributed by atoms with Gasteiger partial charge in [-0.05, 0) is 48.2 Å². The third kappa shape index (κ3) is 4.35. The Morgan fingerprint density at radius 1 is 1.10 bits per heavy atom. The maximum absolute atomic E-state index is 13.5. The van der Waals surface area contributed by atoms with Crippen LogP contribution in [-0.4, -0.2) is 29.8 Å². The summed E-state index contributed by atoms with van der Waals surface area (Å²) in [7, 11) is 3.56. The first-order chi connectivity index (χ1) is 13.9. The predicted molar refractivity (Wildman–Crippen MR) is 119 cm³/mol. The van der Waals surface area contributed by atoms with Crippen LogP contribution in [0.25, 0.3) is 12.2 Å². The van der Waals surface area contributed by atoms with Crippen LogP contribution in [0.5, 0.6) is 0 Å². The Balaban J connectivity index is 2.06. The SMILES string of the molecule is CCc1c(C)[nH]c(=O)c(N(C)C)c1C(=O)c1cccc(/C=C\c2ccncc2)c1. The Morgan fingerprint density at radius 3 is 2.45 bits per heavy atom. The molecule has 29 heavy (non-hydrogen) atoms. The Labute approximate surface area is 170 Å². The lowest BCUT2D eigenvalue weighted by Crippen LogP contribution is -2.27. The number of aryl methyl sites for hydroxylation is 1. The van der Waals surface area contributed by atoms with Gasteiger partial charge in [-0.2, -0.15) is 0 Å². The van der Waals surface area contributed by atoms with Crippen molar-refractivity contribution in [3.8, 4) is 0 Å². The summed E-state index contributed by atoms with van der Waals surface area (Å²) < 4.78 is 0. The second kappa shape index (κ2) is 8.69. The molecule has 1 aromatic carbocycles. The van der Waals surface area contributed by atoms with Gasteiger partial charge in [-0.25, -0.2) is 0 Å². The van der Waals surface area contributed by atoms with E-state index in [2.05, 4.69) is 9.97 Å². The Kier molecular flexibility index (Phi) is 6.07. The topological polar surface area (TPSA) is 66.1 Å². The highest BCUT2D eigenvalue weighted by Crippen LogP contribution is 2.25. The molecule has 3 aromatic rings. The molecular weight excluding hydrogens is 362 g/mol. The molecule has 5 nitrogen and oxygen atoms in total. The molecule has 0 atom stereocenters. The van der Waals surface area contributed by atoms with Crippen LogP contribution >= 0.6 is 0 Å². The van der Waals surface area contributed by atoms with E-state index in [0.29, 0.717) is 23.2 Å². The molecule has 0 amide bonds. The number of hydrogen-bond acceptors (Lipinski definition) is 4. The standard InChI is InChI=1S/C24H25N3O2/c1-5-20-16(2)26-24(29)22(27(3)4)21(20)23(28)19-8-6-7-18(15-19)10-9-17-11-13-25-14-12-17/h6-15H,5H2,1-4H3,(H,26,29)/b10-9-. The van der Waals surface area contributed by atoms with Gasteiger partial charge in [0, 0.05) is 37.7 Å². The van der Waals surface area contributed by atoms with E-state index in [1.165, 1.54) is 0 Å². The number of nitrogens with one attached hydrogen (secondary N) is 1. The van der Waals surface area contributed by atoms with Crippen molar-refractivity contribution in [2.45, 2.75) is 20.3 Å². The van der Waals surface area contributed by atoms with Crippen molar-refractivity contribution in [1.82, 2.24) is 9.97 Å². The summed E-state index contributed by atoms with van der Waals surface area (Å²) in [4.78, 5) is 34.6. The number of pyridine rings is 2. The van der Waals surface area contributed by atoms with Crippen molar-refractivity contribution < 1.29 is 4.79 Å². The van der Waals surface area contributed by atoms with Crippen molar-refractivity contribution in [2.24, 2.45) is 0 Å². The number of rotatable bonds is 6. The lowest BCUT2D eigenvalue weighted by atomic mass is 9.93. The number of ketones is 1. The number of aromatic nitrogens is 2. The summed E-state index contributed by atoms with van der Waals surface area (Å²) >= 11 is 0. The van der Waals surface area contributed by atoms with E-state index >= 15 is 0 Å². The van der Waals surface area contributed by atoms with Crippen molar-refractivity contribution in [3.63, 3.8) is 0 Å². The van der Waals surface area contributed by atoms with Crippen LogP contribution in [0.1, 0.15) is 45.2 Å². The molecule has 1 N–H and O–H groups in total. The number of carbonyl (C=O) groups is 1. The lowest BCUT2D eigenvalue weighted by Gasteiger charge is -2.20. The third-order valence-corrected chi connectivity index (χ3v) is 4.86. The molecule has 2 heterocycles.